The van der Waals surface area contributed by atoms with Crippen molar-refractivity contribution in [2.24, 2.45) is 5.92 Å². The van der Waals surface area contributed by atoms with Crippen LogP contribution in [-0.4, -0.2) is 48.8 Å². The minimum absolute atomic E-state index is 0.112. The highest BCUT2D eigenvalue weighted by atomic mass is 32.2. The average molecular weight is 418 g/mol. The second-order valence-corrected chi connectivity index (χ2v) is 9.91. The van der Waals surface area contributed by atoms with Crippen LogP contribution in [0.2, 0.25) is 0 Å². The summed E-state index contributed by atoms with van der Waals surface area (Å²) in [6.07, 6.45) is 2.99. The third-order valence-electron chi connectivity index (χ3n) is 6.29. The van der Waals surface area contributed by atoms with E-state index in [4.69, 9.17) is 4.52 Å². The van der Waals surface area contributed by atoms with Crippen LogP contribution in [0.5, 0.6) is 0 Å². The van der Waals surface area contributed by atoms with Gasteiger partial charge in [-0.25, -0.2) is 8.42 Å². The Hall–Kier alpha value is -2.19. The molecule has 29 heavy (non-hydrogen) atoms. The van der Waals surface area contributed by atoms with Gasteiger partial charge < -0.3 is 9.42 Å². The van der Waals surface area contributed by atoms with Gasteiger partial charge in [-0.1, -0.05) is 29.4 Å². The van der Waals surface area contributed by atoms with Crippen molar-refractivity contribution in [2.45, 2.75) is 50.5 Å². The van der Waals surface area contributed by atoms with Crippen LogP contribution in [0.4, 0.5) is 0 Å². The first-order valence-corrected chi connectivity index (χ1v) is 11.5. The quantitative estimate of drug-likeness (QED) is 0.764. The molecule has 1 fully saturated rings. The fraction of sp³-hybridized carbons (Fsp3) is 0.524. The van der Waals surface area contributed by atoms with E-state index in [2.05, 4.69) is 17.3 Å². The van der Waals surface area contributed by atoms with Gasteiger partial charge in [0.2, 0.25) is 15.9 Å². The molecule has 1 aromatic heterocycles. The Balaban J connectivity index is 1.43. The number of hydrogen-bond donors (Lipinski definition) is 0. The third-order valence-corrected chi connectivity index (χ3v) is 8.43. The first-order valence-electron chi connectivity index (χ1n) is 10.1. The molecule has 0 N–H and O–H groups in total. The van der Waals surface area contributed by atoms with Crippen molar-refractivity contribution in [1.29, 1.82) is 0 Å². The van der Waals surface area contributed by atoms with Crippen LogP contribution in [-0.2, 0) is 21.2 Å². The molecule has 2 heterocycles. The Morgan fingerprint density at radius 2 is 1.86 bits per heavy atom. The molecule has 0 spiro atoms. The monoisotopic (exact) mass is 417 g/mol. The van der Waals surface area contributed by atoms with Gasteiger partial charge >= 0.3 is 0 Å². The number of hydrogen-bond acceptors (Lipinski definition) is 5. The van der Waals surface area contributed by atoms with E-state index in [1.54, 1.807) is 13.8 Å². The molecule has 1 aliphatic carbocycles. The number of rotatable bonds is 4. The topological polar surface area (TPSA) is 83.7 Å². The summed E-state index contributed by atoms with van der Waals surface area (Å²) in [7, 11) is -1.78. The van der Waals surface area contributed by atoms with Crippen molar-refractivity contribution < 1.29 is 17.7 Å². The largest absolute Gasteiger partial charge is 0.360 e. The molecule has 0 saturated carbocycles. The minimum atomic E-state index is -3.65. The molecule has 1 saturated heterocycles. The summed E-state index contributed by atoms with van der Waals surface area (Å²) in [6, 6.07) is 8.41. The van der Waals surface area contributed by atoms with Gasteiger partial charge in [0.1, 0.15) is 10.6 Å². The van der Waals surface area contributed by atoms with E-state index in [0.717, 1.165) is 12.8 Å². The highest BCUT2D eigenvalue weighted by Gasteiger charge is 2.38. The van der Waals surface area contributed by atoms with Crippen molar-refractivity contribution in [3.8, 4) is 0 Å². The number of aromatic nitrogens is 1. The lowest BCUT2D eigenvalue weighted by Gasteiger charge is -2.34. The number of benzene rings is 1. The van der Waals surface area contributed by atoms with Crippen molar-refractivity contribution >= 4 is 15.9 Å². The van der Waals surface area contributed by atoms with Crippen LogP contribution in [0.25, 0.3) is 0 Å². The van der Waals surface area contributed by atoms with E-state index in [1.807, 2.05) is 24.1 Å². The fourth-order valence-electron chi connectivity index (χ4n) is 4.69. The second-order valence-electron chi connectivity index (χ2n) is 8.03. The molecule has 2 aromatic rings. The van der Waals surface area contributed by atoms with Gasteiger partial charge in [-0.05, 0) is 50.7 Å². The Morgan fingerprint density at radius 1 is 1.17 bits per heavy atom. The Labute approximate surface area is 171 Å². The van der Waals surface area contributed by atoms with Crippen LogP contribution in [0.1, 0.15) is 47.9 Å². The number of carbonyl (C=O) groups is 1. The molecule has 1 aliphatic heterocycles. The molecule has 1 aromatic carbocycles. The van der Waals surface area contributed by atoms with Gasteiger partial charge in [-0.15, -0.1) is 0 Å². The number of amides is 1. The summed E-state index contributed by atoms with van der Waals surface area (Å²) in [4.78, 5) is 15.1. The lowest BCUT2D eigenvalue weighted by molar-refractivity contribution is -0.137. The lowest BCUT2D eigenvalue weighted by atomic mass is 9.95. The van der Waals surface area contributed by atoms with E-state index in [1.165, 1.54) is 15.4 Å². The smallest absolute Gasteiger partial charge is 0.248 e. The average Bonchev–Trinajstić information content (AvgIpc) is 3.30. The van der Waals surface area contributed by atoms with E-state index >= 15 is 0 Å². The molecular formula is C21H27N3O4S. The zero-order valence-electron chi connectivity index (χ0n) is 17.1. The van der Waals surface area contributed by atoms with Crippen molar-refractivity contribution in [3.63, 3.8) is 0 Å². The van der Waals surface area contributed by atoms with Crippen LogP contribution >= 0.6 is 0 Å². The first-order chi connectivity index (χ1) is 13.8. The molecule has 1 unspecified atom stereocenters. The summed E-state index contributed by atoms with van der Waals surface area (Å²) in [6.45, 7) is 3.90. The lowest BCUT2D eigenvalue weighted by Crippen LogP contribution is -2.44. The minimum Gasteiger partial charge on any atom is -0.360 e. The molecule has 0 radical (unpaired) electrons. The number of fused-ring (bicyclic) bond motifs is 1. The summed E-state index contributed by atoms with van der Waals surface area (Å²) in [5.41, 5.74) is 2.93. The molecule has 8 heteroatoms. The van der Waals surface area contributed by atoms with E-state index in [-0.39, 0.29) is 22.8 Å². The van der Waals surface area contributed by atoms with Crippen LogP contribution in [0, 0.1) is 19.8 Å². The van der Waals surface area contributed by atoms with Gasteiger partial charge in [0.15, 0.2) is 5.76 Å². The highest BCUT2D eigenvalue weighted by Crippen LogP contribution is 2.36. The summed E-state index contributed by atoms with van der Waals surface area (Å²) < 4.78 is 32.4. The molecule has 4 rings (SSSR count). The van der Waals surface area contributed by atoms with Gasteiger partial charge in [0, 0.05) is 26.1 Å². The van der Waals surface area contributed by atoms with Crippen LogP contribution < -0.4 is 0 Å². The Kier molecular flexibility index (Phi) is 5.25. The van der Waals surface area contributed by atoms with Crippen LogP contribution in [0.15, 0.2) is 33.7 Å². The summed E-state index contributed by atoms with van der Waals surface area (Å²) in [5, 5.41) is 3.76. The predicted octanol–water partition coefficient (Wildman–Crippen LogP) is 2.84. The van der Waals surface area contributed by atoms with Crippen molar-refractivity contribution in [2.75, 3.05) is 20.1 Å². The SMILES string of the molecule is Cc1noc(C)c1S(=O)(=O)N1CCC(C(=O)N(C)C2CCc3ccccc32)CC1. The zero-order chi connectivity index (χ0) is 20.8. The maximum absolute atomic E-state index is 13.1. The maximum Gasteiger partial charge on any atom is 0.248 e. The number of nitrogens with zero attached hydrogens (tertiary/aromatic N) is 3. The summed E-state index contributed by atoms with van der Waals surface area (Å²) in [5.74, 6) is 0.269. The molecule has 0 bridgehead atoms. The fourth-order valence-corrected chi connectivity index (χ4v) is 6.45. The molecule has 1 atom stereocenters. The number of aryl methyl sites for hydroxylation is 3. The van der Waals surface area contributed by atoms with E-state index < -0.39 is 10.0 Å². The molecule has 156 valence electrons. The van der Waals surface area contributed by atoms with E-state index in [0.29, 0.717) is 37.4 Å². The Morgan fingerprint density at radius 3 is 2.52 bits per heavy atom. The number of carbonyl (C=O) groups excluding carboxylic acids is 1. The Bertz CT molecular complexity index is 1000. The first kappa shape index (κ1) is 20.1. The summed E-state index contributed by atoms with van der Waals surface area (Å²) >= 11 is 0. The standard InChI is InChI=1S/C21H27N3O4S/c1-14-20(15(2)28-22-14)29(26,27)24-12-10-17(11-13-24)21(25)23(3)19-9-8-16-6-4-5-7-18(16)19/h4-7,17,19H,8-13H2,1-3H3. The maximum atomic E-state index is 13.1. The number of piperidine rings is 1. The molecule has 2 aliphatic rings. The predicted molar refractivity (Wildman–Crippen MR) is 108 cm³/mol. The normalized spacial score (nSPS) is 20.6. The van der Waals surface area contributed by atoms with Crippen LogP contribution in [0.3, 0.4) is 0 Å². The molecular weight excluding hydrogens is 390 g/mol. The second kappa shape index (κ2) is 7.57. The zero-order valence-corrected chi connectivity index (χ0v) is 17.9. The van der Waals surface area contributed by atoms with Gasteiger partial charge in [-0.3, -0.25) is 4.79 Å². The molecule has 1 amide bonds. The van der Waals surface area contributed by atoms with Crippen molar-refractivity contribution in [3.05, 3.63) is 46.8 Å². The van der Waals surface area contributed by atoms with E-state index in [9.17, 15) is 13.2 Å². The third kappa shape index (κ3) is 3.48. The molecule has 7 nitrogen and oxygen atoms in total. The van der Waals surface area contributed by atoms with Gasteiger partial charge in [0.05, 0.1) is 6.04 Å². The number of sulfonamides is 1. The van der Waals surface area contributed by atoms with Crippen molar-refractivity contribution in [1.82, 2.24) is 14.4 Å². The highest BCUT2D eigenvalue weighted by molar-refractivity contribution is 7.89. The van der Waals surface area contributed by atoms with Gasteiger partial charge in [-0.2, -0.15) is 4.31 Å². The van der Waals surface area contributed by atoms with Gasteiger partial charge in [0.25, 0.3) is 0 Å².